The van der Waals surface area contributed by atoms with Crippen LogP contribution in [-0.4, -0.2) is 57.1 Å². The van der Waals surface area contributed by atoms with Gasteiger partial charge in [0.2, 0.25) is 0 Å². The largest absolute Gasteiger partial charge is 0.179 e. The average Bonchev–Trinajstić information content (AvgIpc) is 2.35. The molecule has 0 unspecified atom stereocenters. The molecule has 0 aromatic carbocycles. The molecule has 0 fully saturated rings. The van der Waals surface area contributed by atoms with E-state index in [0.29, 0.717) is 0 Å². The molecule has 0 rings (SSSR count). The van der Waals surface area contributed by atoms with Gasteiger partial charge < -0.3 is 0 Å². The van der Waals surface area contributed by atoms with Crippen molar-refractivity contribution in [3.8, 4) is 0 Å². The van der Waals surface area contributed by atoms with Gasteiger partial charge in [0.25, 0.3) is 0 Å². The van der Waals surface area contributed by atoms with Crippen LogP contribution < -0.4 is 0 Å². The minimum atomic E-state index is 0. The van der Waals surface area contributed by atoms with Crippen LogP contribution in [0, 0.1) is 0 Å². The van der Waals surface area contributed by atoms with E-state index in [4.69, 9.17) is 0 Å². The van der Waals surface area contributed by atoms with Crippen LogP contribution in [-0.2, 0) is 0 Å². The molecule has 0 saturated heterocycles. The molecule has 105 valence electrons. The third-order valence-electron chi connectivity index (χ3n) is 3.51. The van der Waals surface area contributed by atoms with Gasteiger partial charge in [0, 0.05) is 51.4 Å². The second-order valence-corrected chi connectivity index (χ2v) is 5.77. The Morgan fingerprint density at radius 3 is 1.06 bits per heavy atom. The van der Waals surface area contributed by atoms with Crippen molar-refractivity contribution in [1.82, 2.24) is 0 Å². The van der Waals surface area contributed by atoms with E-state index in [2.05, 4.69) is 19.6 Å². The first-order valence-electron chi connectivity index (χ1n) is 8.02. The van der Waals surface area contributed by atoms with Gasteiger partial charge in [-0.3, -0.25) is 0 Å². The first-order valence-corrected chi connectivity index (χ1v) is 8.66. The normalized spacial score (nSPS) is 10.3. The molecule has 2 heteroatoms. The van der Waals surface area contributed by atoms with E-state index in [0.717, 1.165) is 5.75 Å². The minimum absolute atomic E-state index is 0. The SMILES string of the molecule is CCCCCCCCCCCCCCCCS.[K]. The van der Waals surface area contributed by atoms with Crippen LogP contribution in [0.2, 0.25) is 0 Å². The van der Waals surface area contributed by atoms with E-state index in [1.165, 1.54) is 89.9 Å². The van der Waals surface area contributed by atoms with Crippen LogP contribution >= 0.6 is 12.6 Å². The van der Waals surface area contributed by atoms with Gasteiger partial charge in [-0.25, -0.2) is 0 Å². The molecule has 0 saturated carbocycles. The smallest absolute Gasteiger partial charge is 0 e. The fraction of sp³-hybridized carbons (Fsp3) is 1.00. The maximum absolute atomic E-state index is 4.23. The molecule has 1 radical (unpaired) electrons. The van der Waals surface area contributed by atoms with Crippen LogP contribution in [0.5, 0.6) is 0 Å². The predicted octanol–water partition coefficient (Wildman–Crippen LogP) is 6.02. The van der Waals surface area contributed by atoms with Gasteiger partial charge in [-0.15, -0.1) is 0 Å². The number of thiol groups is 1. The molecule has 0 amide bonds. The van der Waals surface area contributed by atoms with Crippen molar-refractivity contribution in [1.29, 1.82) is 0 Å². The molecular formula is C16H34KS. The van der Waals surface area contributed by atoms with Gasteiger partial charge >= 0.3 is 0 Å². The van der Waals surface area contributed by atoms with Gasteiger partial charge in [-0.1, -0.05) is 90.4 Å². The fourth-order valence-electron chi connectivity index (χ4n) is 2.31. The zero-order chi connectivity index (χ0) is 12.6. The summed E-state index contributed by atoms with van der Waals surface area (Å²) in [5.41, 5.74) is 0. The molecule has 0 bridgehead atoms. The predicted molar refractivity (Wildman–Crippen MR) is 89.9 cm³/mol. The fourth-order valence-corrected chi connectivity index (χ4v) is 2.53. The number of hydrogen-bond acceptors (Lipinski definition) is 1. The van der Waals surface area contributed by atoms with Crippen LogP contribution in [0.3, 0.4) is 0 Å². The molecule has 0 aliphatic carbocycles. The van der Waals surface area contributed by atoms with Gasteiger partial charge in [-0.05, 0) is 12.2 Å². The molecule has 0 aromatic heterocycles. The van der Waals surface area contributed by atoms with E-state index in [1.54, 1.807) is 0 Å². The quantitative estimate of drug-likeness (QED) is 0.226. The van der Waals surface area contributed by atoms with Crippen molar-refractivity contribution in [3.63, 3.8) is 0 Å². The summed E-state index contributed by atoms with van der Waals surface area (Å²) in [5, 5.41) is 0. The Bertz CT molecular complexity index is 114. The van der Waals surface area contributed by atoms with E-state index >= 15 is 0 Å². The first kappa shape index (κ1) is 22.3. The van der Waals surface area contributed by atoms with Crippen LogP contribution in [0.25, 0.3) is 0 Å². The summed E-state index contributed by atoms with van der Waals surface area (Å²) in [6.45, 7) is 2.29. The van der Waals surface area contributed by atoms with Crippen molar-refractivity contribution in [2.45, 2.75) is 96.8 Å². The van der Waals surface area contributed by atoms with Crippen LogP contribution in [0.4, 0.5) is 0 Å². The van der Waals surface area contributed by atoms with Gasteiger partial charge in [0.15, 0.2) is 0 Å². The molecule has 0 spiro atoms. The van der Waals surface area contributed by atoms with E-state index in [-0.39, 0.29) is 51.4 Å². The standard InChI is InChI=1S/C16H34S.K/c1-2-3-4-5-6-7-8-9-10-11-12-13-14-15-16-17;/h17H,2-16H2,1H3;. The topological polar surface area (TPSA) is 0 Å². The van der Waals surface area contributed by atoms with E-state index < -0.39 is 0 Å². The van der Waals surface area contributed by atoms with Gasteiger partial charge in [-0.2, -0.15) is 12.6 Å². The first-order chi connectivity index (χ1) is 8.41. The van der Waals surface area contributed by atoms with Crippen molar-refractivity contribution in [3.05, 3.63) is 0 Å². The van der Waals surface area contributed by atoms with Crippen molar-refractivity contribution in [2.75, 3.05) is 5.75 Å². The molecule has 0 N–H and O–H groups in total. The second kappa shape index (κ2) is 21.3. The van der Waals surface area contributed by atoms with E-state index in [9.17, 15) is 0 Å². The monoisotopic (exact) mass is 297 g/mol. The van der Waals surface area contributed by atoms with Gasteiger partial charge in [0.05, 0.1) is 0 Å². The summed E-state index contributed by atoms with van der Waals surface area (Å²) in [4.78, 5) is 0. The Labute approximate surface area is 164 Å². The third-order valence-corrected chi connectivity index (χ3v) is 3.83. The second-order valence-electron chi connectivity index (χ2n) is 5.32. The van der Waals surface area contributed by atoms with Crippen molar-refractivity contribution >= 4 is 64.0 Å². The van der Waals surface area contributed by atoms with Crippen LogP contribution in [0.15, 0.2) is 0 Å². The Balaban J connectivity index is 0. The maximum Gasteiger partial charge on any atom is 0 e. The molecular weight excluding hydrogens is 263 g/mol. The summed E-state index contributed by atoms with van der Waals surface area (Å²) >= 11 is 4.23. The molecule has 18 heavy (non-hydrogen) atoms. The Hall–Kier alpha value is 1.99. The summed E-state index contributed by atoms with van der Waals surface area (Å²) < 4.78 is 0. The molecule has 0 aliphatic rings. The van der Waals surface area contributed by atoms with E-state index in [1.807, 2.05) is 0 Å². The Kier molecular flexibility index (Phi) is 26.3. The zero-order valence-corrected chi connectivity index (χ0v) is 17.1. The summed E-state index contributed by atoms with van der Waals surface area (Å²) in [6, 6.07) is 0. The number of unbranched alkanes of at least 4 members (excludes halogenated alkanes) is 13. The summed E-state index contributed by atoms with van der Waals surface area (Å²) in [5.74, 6) is 1.07. The molecule has 0 aromatic rings. The molecule has 0 aliphatic heterocycles. The van der Waals surface area contributed by atoms with Crippen molar-refractivity contribution < 1.29 is 0 Å². The molecule has 0 heterocycles. The van der Waals surface area contributed by atoms with Crippen molar-refractivity contribution in [2.24, 2.45) is 0 Å². The zero-order valence-electron chi connectivity index (χ0n) is 13.1. The Morgan fingerprint density at radius 1 is 0.500 bits per heavy atom. The van der Waals surface area contributed by atoms with Crippen LogP contribution in [0.1, 0.15) is 96.8 Å². The maximum atomic E-state index is 4.23. The average molecular weight is 298 g/mol. The minimum Gasteiger partial charge on any atom is -0.179 e. The number of hydrogen-bond donors (Lipinski definition) is 1. The third kappa shape index (κ3) is 20.3. The molecule has 0 atom stereocenters. The Morgan fingerprint density at radius 2 is 0.778 bits per heavy atom. The number of rotatable bonds is 14. The summed E-state index contributed by atoms with van der Waals surface area (Å²) in [6.07, 6.45) is 20.1. The summed E-state index contributed by atoms with van der Waals surface area (Å²) in [7, 11) is 0. The van der Waals surface area contributed by atoms with Gasteiger partial charge in [0.1, 0.15) is 0 Å². The molecule has 0 nitrogen and oxygen atoms in total.